The van der Waals surface area contributed by atoms with Crippen LogP contribution in [0, 0.1) is 0 Å². The summed E-state index contributed by atoms with van der Waals surface area (Å²) in [6, 6.07) is 0. The van der Waals surface area contributed by atoms with Crippen LogP contribution in [0.2, 0.25) is 0 Å². The van der Waals surface area contributed by atoms with E-state index in [1.165, 1.54) is 0 Å². The molecule has 6 heteroatoms. The molecule has 1 N–H and O–H groups in total. The number of rotatable bonds is 7. The number of hydrogen-bond acceptors (Lipinski definition) is 3. The Morgan fingerprint density at radius 3 is 2.60 bits per heavy atom. The first kappa shape index (κ1) is 13.9. The molecule has 0 aromatic rings. The van der Waals surface area contributed by atoms with Crippen molar-refractivity contribution < 1.29 is 23.8 Å². The second-order valence-corrected chi connectivity index (χ2v) is 3.13. The SMILES string of the molecule is CCOC=C(C(=O)O)C(=O)C(Cl)CCF. The standard InChI is InChI=1S/C9H12ClFO4/c1-2-15-5-6(9(13)14)8(12)7(10)3-4-11/h5,7H,2-4H2,1H3,(H,13,14). The molecule has 86 valence electrons. The van der Waals surface area contributed by atoms with Gasteiger partial charge in [-0.1, -0.05) is 0 Å². The summed E-state index contributed by atoms with van der Waals surface area (Å²) in [5.74, 6) is -2.27. The Kier molecular flexibility index (Phi) is 6.70. The van der Waals surface area contributed by atoms with Crippen molar-refractivity contribution in [1.82, 2.24) is 0 Å². The van der Waals surface area contributed by atoms with E-state index >= 15 is 0 Å². The normalized spacial score (nSPS) is 13.4. The quantitative estimate of drug-likeness (QED) is 0.240. The van der Waals surface area contributed by atoms with E-state index in [-0.39, 0.29) is 13.0 Å². The van der Waals surface area contributed by atoms with Gasteiger partial charge in [-0.05, 0) is 13.3 Å². The predicted octanol–water partition coefficient (Wildman–Crippen LogP) is 1.53. The fraction of sp³-hybridized carbons (Fsp3) is 0.556. The first-order chi connectivity index (χ1) is 7.04. The molecule has 1 unspecified atom stereocenters. The minimum absolute atomic E-state index is 0.211. The molecule has 4 nitrogen and oxygen atoms in total. The molecule has 0 heterocycles. The lowest BCUT2D eigenvalue weighted by molar-refractivity contribution is -0.134. The molecule has 0 aromatic carbocycles. The molecule has 0 aliphatic rings. The van der Waals surface area contributed by atoms with Gasteiger partial charge in [0.25, 0.3) is 0 Å². The monoisotopic (exact) mass is 238 g/mol. The molecule has 0 saturated carbocycles. The van der Waals surface area contributed by atoms with Crippen LogP contribution >= 0.6 is 11.6 Å². The lowest BCUT2D eigenvalue weighted by Gasteiger charge is -2.06. The summed E-state index contributed by atoms with van der Waals surface area (Å²) in [5, 5.41) is 7.50. The minimum Gasteiger partial charge on any atom is -0.500 e. The van der Waals surface area contributed by atoms with Crippen LogP contribution in [-0.4, -0.2) is 35.5 Å². The van der Waals surface area contributed by atoms with E-state index < -0.39 is 29.4 Å². The molecule has 0 aliphatic carbocycles. The maximum atomic E-state index is 11.9. The molecular formula is C9H12ClFO4. The first-order valence-corrected chi connectivity index (χ1v) is 4.77. The van der Waals surface area contributed by atoms with Crippen LogP contribution in [0.4, 0.5) is 4.39 Å². The number of ether oxygens (including phenoxy) is 1. The Balaban J connectivity index is 4.63. The molecule has 1 atom stereocenters. The van der Waals surface area contributed by atoms with Gasteiger partial charge in [-0.3, -0.25) is 9.18 Å². The van der Waals surface area contributed by atoms with Gasteiger partial charge in [-0.15, -0.1) is 11.6 Å². The van der Waals surface area contributed by atoms with Crippen LogP contribution in [0.25, 0.3) is 0 Å². The molecule has 0 rings (SSSR count). The zero-order chi connectivity index (χ0) is 11.8. The summed E-state index contributed by atoms with van der Waals surface area (Å²) >= 11 is 5.50. The van der Waals surface area contributed by atoms with Crippen molar-refractivity contribution in [2.24, 2.45) is 0 Å². The number of ketones is 1. The van der Waals surface area contributed by atoms with E-state index in [0.29, 0.717) is 0 Å². The van der Waals surface area contributed by atoms with Crippen molar-refractivity contribution in [2.45, 2.75) is 18.7 Å². The maximum absolute atomic E-state index is 11.9. The van der Waals surface area contributed by atoms with Gasteiger partial charge in [0.1, 0.15) is 11.8 Å². The van der Waals surface area contributed by atoms with Crippen molar-refractivity contribution in [3.8, 4) is 0 Å². The van der Waals surface area contributed by atoms with Crippen molar-refractivity contribution in [3.63, 3.8) is 0 Å². The average molecular weight is 239 g/mol. The summed E-state index contributed by atoms with van der Waals surface area (Å²) in [6.45, 7) is 1.10. The van der Waals surface area contributed by atoms with Crippen LogP contribution in [0.3, 0.4) is 0 Å². The van der Waals surface area contributed by atoms with Crippen LogP contribution in [0.15, 0.2) is 11.8 Å². The molecule has 0 spiro atoms. The second-order valence-electron chi connectivity index (χ2n) is 2.60. The number of hydrogen-bond donors (Lipinski definition) is 1. The van der Waals surface area contributed by atoms with Crippen molar-refractivity contribution in [2.75, 3.05) is 13.3 Å². The van der Waals surface area contributed by atoms with E-state index in [9.17, 15) is 14.0 Å². The molecule has 0 fully saturated rings. The smallest absolute Gasteiger partial charge is 0.342 e. The van der Waals surface area contributed by atoms with Gasteiger partial charge in [0.15, 0.2) is 5.78 Å². The first-order valence-electron chi connectivity index (χ1n) is 4.33. The van der Waals surface area contributed by atoms with Crippen LogP contribution in [-0.2, 0) is 14.3 Å². The average Bonchev–Trinajstić information content (AvgIpc) is 2.18. The number of carbonyl (C=O) groups is 2. The topological polar surface area (TPSA) is 63.6 Å². The number of alkyl halides is 2. The summed E-state index contributed by atoms with van der Waals surface area (Å²) in [7, 11) is 0. The number of carboxylic acids is 1. The number of Topliss-reactive ketones (excluding diaryl/α,β-unsaturated/α-hetero) is 1. The molecule has 0 saturated heterocycles. The lowest BCUT2D eigenvalue weighted by atomic mass is 10.1. The Morgan fingerprint density at radius 1 is 1.60 bits per heavy atom. The Morgan fingerprint density at radius 2 is 2.20 bits per heavy atom. The summed E-state index contributed by atoms with van der Waals surface area (Å²) < 4.78 is 16.6. The fourth-order valence-electron chi connectivity index (χ4n) is 0.776. The highest BCUT2D eigenvalue weighted by Gasteiger charge is 2.25. The maximum Gasteiger partial charge on any atom is 0.342 e. The Bertz CT molecular complexity index is 265. The van der Waals surface area contributed by atoms with Gasteiger partial charge in [0.05, 0.1) is 18.7 Å². The van der Waals surface area contributed by atoms with E-state index in [0.717, 1.165) is 6.26 Å². The third-order valence-electron chi connectivity index (χ3n) is 1.51. The molecule has 0 aliphatic heterocycles. The van der Waals surface area contributed by atoms with Gasteiger partial charge < -0.3 is 9.84 Å². The van der Waals surface area contributed by atoms with Crippen molar-refractivity contribution in [1.29, 1.82) is 0 Å². The number of aliphatic carboxylic acids is 1. The highest BCUT2D eigenvalue weighted by Crippen LogP contribution is 2.11. The van der Waals surface area contributed by atoms with Crippen LogP contribution < -0.4 is 0 Å². The Hall–Kier alpha value is -1.10. The van der Waals surface area contributed by atoms with E-state index in [1.54, 1.807) is 6.92 Å². The predicted molar refractivity (Wildman–Crippen MR) is 52.6 cm³/mol. The van der Waals surface area contributed by atoms with Crippen molar-refractivity contribution >= 4 is 23.4 Å². The molecule has 15 heavy (non-hydrogen) atoms. The van der Waals surface area contributed by atoms with Crippen LogP contribution in [0.5, 0.6) is 0 Å². The zero-order valence-corrected chi connectivity index (χ0v) is 8.96. The van der Waals surface area contributed by atoms with Gasteiger partial charge in [-0.2, -0.15) is 0 Å². The zero-order valence-electron chi connectivity index (χ0n) is 8.20. The highest BCUT2D eigenvalue weighted by atomic mass is 35.5. The largest absolute Gasteiger partial charge is 0.500 e. The van der Waals surface area contributed by atoms with Gasteiger partial charge in [0, 0.05) is 0 Å². The molecular weight excluding hydrogens is 227 g/mol. The van der Waals surface area contributed by atoms with Gasteiger partial charge >= 0.3 is 5.97 Å². The van der Waals surface area contributed by atoms with E-state index in [1.807, 2.05) is 0 Å². The Labute approximate surface area is 91.7 Å². The molecule has 0 radical (unpaired) electrons. The summed E-state index contributed by atoms with van der Waals surface area (Å²) in [6.07, 6.45) is 0.620. The van der Waals surface area contributed by atoms with E-state index in [2.05, 4.69) is 0 Å². The minimum atomic E-state index is -1.43. The van der Waals surface area contributed by atoms with Gasteiger partial charge in [0.2, 0.25) is 0 Å². The fourth-order valence-corrected chi connectivity index (χ4v) is 0.976. The highest BCUT2D eigenvalue weighted by molar-refractivity contribution is 6.37. The molecule has 0 aromatic heterocycles. The summed E-state index contributed by atoms with van der Waals surface area (Å²) in [5.41, 5.74) is -0.565. The number of carbonyl (C=O) groups excluding carboxylic acids is 1. The van der Waals surface area contributed by atoms with Gasteiger partial charge in [-0.25, -0.2) is 4.79 Å². The van der Waals surface area contributed by atoms with Crippen molar-refractivity contribution in [3.05, 3.63) is 11.8 Å². The number of carboxylic acid groups (broad SMARTS) is 1. The van der Waals surface area contributed by atoms with E-state index in [4.69, 9.17) is 21.4 Å². The second kappa shape index (κ2) is 7.23. The number of halogens is 2. The lowest BCUT2D eigenvalue weighted by Crippen LogP contribution is -2.22. The third-order valence-corrected chi connectivity index (χ3v) is 1.93. The van der Waals surface area contributed by atoms with Crippen LogP contribution in [0.1, 0.15) is 13.3 Å². The third kappa shape index (κ3) is 4.78. The molecule has 0 amide bonds. The summed E-state index contributed by atoms with van der Waals surface area (Å²) in [4.78, 5) is 22.0. The molecule has 0 bridgehead atoms.